The van der Waals surface area contributed by atoms with E-state index >= 15 is 0 Å². The Balaban J connectivity index is 2.09. The van der Waals surface area contributed by atoms with Crippen LogP contribution >= 0.6 is 11.6 Å². The lowest BCUT2D eigenvalue weighted by atomic mass is 9.92. The third-order valence-electron chi connectivity index (χ3n) is 4.03. The zero-order chi connectivity index (χ0) is 17.9. The third-order valence-corrected chi connectivity index (χ3v) is 4.36. The number of rotatable bonds is 6. The second-order valence-electron chi connectivity index (χ2n) is 6.46. The van der Waals surface area contributed by atoms with Crippen LogP contribution in [0.25, 0.3) is 0 Å². The molecule has 0 spiro atoms. The Morgan fingerprint density at radius 3 is 2.62 bits per heavy atom. The van der Waals surface area contributed by atoms with Gasteiger partial charge in [0, 0.05) is 17.1 Å². The molecule has 0 radical (unpaired) electrons. The predicted octanol–water partition coefficient (Wildman–Crippen LogP) is 2.27. The highest BCUT2D eigenvalue weighted by atomic mass is 35.5. The summed E-state index contributed by atoms with van der Waals surface area (Å²) in [6, 6.07) is 6.24. The molecule has 1 aliphatic rings. The molecule has 2 N–H and O–H groups in total. The van der Waals surface area contributed by atoms with Crippen LogP contribution in [0.5, 0.6) is 0 Å². The Labute approximate surface area is 146 Å². The summed E-state index contributed by atoms with van der Waals surface area (Å²) >= 11 is 6.16. The van der Waals surface area contributed by atoms with Crippen LogP contribution < -0.4 is 10.6 Å². The highest BCUT2D eigenvalue weighted by Crippen LogP contribution is 2.33. The van der Waals surface area contributed by atoms with Crippen molar-refractivity contribution < 1.29 is 14.4 Å². The summed E-state index contributed by atoms with van der Waals surface area (Å²) in [6.45, 7) is 5.91. The van der Waals surface area contributed by atoms with Gasteiger partial charge in [-0.1, -0.05) is 43.6 Å². The Bertz CT molecular complexity index is 662. The van der Waals surface area contributed by atoms with Gasteiger partial charge in [0.15, 0.2) is 0 Å². The van der Waals surface area contributed by atoms with Crippen molar-refractivity contribution in [1.29, 1.82) is 0 Å². The lowest BCUT2D eigenvalue weighted by molar-refractivity contribution is -0.134. The molecule has 1 aromatic carbocycles. The van der Waals surface area contributed by atoms with Gasteiger partial charge in [-0.25, -0.2) is 4.79 Å². The Morgan fingerprint density at radius 1 is 1.33 bits per heavy atom. The average molecular weight is 352 g/mol. The molecule has 0 saturated carbocycles. The lowest BCUT2D eigenvalue weighted by Crippen LogP contribution is -2.43. The number of urea groups is 1. The molecule has 6 nitrogen and oxygen atoms in total. The smallest absolute Gasteiger partial charge is 0.325 e. The highest BCUT2D eigenvalue weighted by Gasteiger charge is 2.50. The van der Waals surface area contributed by atoms with E-state index in [0.717, 1.165) is 11.3 Å². The molecule has 4 amide bonds. The molecule has 130 valence electrons. The van der Waals surface area contributed by atoms with E-state index in [1.165, 1.54) is 0 Å². The quantitative estimate of drug-likeness (QED) is 0.772. The first kappa shape index (κ1) is 18.3. The average Bonchev–Trinajstić information content (AvgIpc) is 2.71. The summed E-state index contributed by atoms with van der Waals surface area (Å²) < 4.78 is 0. The second-order valence-corrected chi connectivity index (χ2v) is 6.87. The van der Waals surface area contributed by atoms with Crippen LogP contribution in [0.3, 0.4) is 0 Å². The van der Waals surface area contributed by atoms with Gasteiger partial charge in [0.25, 0.3) is 5.91 Å². The Morgan fingerprint density at radius 2 is 2.00 bits per heavy atom. The standard InChI is InChI=1S/C17H22ClN3O3/c1-11(2)8-9-19-14(22)10-21-15(23)17(3,20-16(21)24)12-6-4-5-7-13(12)18/h4-7,11H,8-10H2,1-3H3,(H,19,22)(H,20,24)/t17-/m0/s1. The molecule has 2 rings (SSSR count). The van der Waals surface area contributed by atoms with Gasteiger partial charge in [-0.3, -0.25) is 14.5 Å². The number of carbonyl (C=O) groups is 3. The molecule has 0 bridgehead atoms. The van der Waals surface area contributed by atoms with Crippen LogP contribution in [0.2, 0.25) is 5.02 Å². The summed E-state index contributed by atoms with van der Waals surface area (Å²) in [4.78, 5) is 37.8. The monoisotopic (exact) mass is 351 g/mol. The molecule has 1 aliphatic heterocycles. The van der Waals surface area contributed by atoms with E-state index in [-0.39, 0.29) is 12.5 Å². The van der Waals surface area contributed by atoms with E-state index in [1.807, 2.05) is 0 Å². The van der Waals surface area contributed by atoms with E-state index in [9.17, 15) is 14.4 Å². The number of amides is 4. The van der Waals surface area contributed by atoms with Crippen LogP contribution in [-0.2, 0) is 15.1 Å². The topological polar surface area (TPSA) is 78.5 Å². The zero-order valence-electron chi connectivity index (χ0n) is 14.1. The van der Waals surface area contributed by atoms with Crippen molar-refractivity contribution in [3.8, 4) is 0 Å². The molecule has 0 aromatic heterocycles. The fourth-order valence-corrected chi connectivity index (χ4v) is 2.91. The fourth-order valence-electron chi connectivity index (χ4n) is 2.59. The summed E-state index contributed by atoms with van der Waals surface area (Å²) in [5.41, 5.74) is -0.763. The molecule has 7 heteroatoms. The molecule has 1 atom stereocenters. The predicted molar refractivity (Wildman–Crippen MR) is 91.5 cm³/mol. The van der Waals surface area contributed by atoms with E-state index in [0.29, 0.717) is 23.0 Å². The minimum Gasteiger partial charge on any atom is -0.355 e. The summed E-state index contributed by atoms with van der Waals surface area (Å²) in [7, 11) is 0. The normalized spacial score (nSPS) is 20.5. The maximum atomic E-state index is 12.7. The van der Waals surface area contributed by atoms with Gasteiger partial charge in [-0.2, -0.15) is 0 Å². The zero-order valence-corrected chi connectivity index (χ0v) is 14.8. The Hall–Kier alpha value is -2.08. The molecule has 0 unspecified atom stereocenters. The lowest BCUT2D eigenvalue weighted by Gasteiger charge is -2.23. The fraction of sp³-hybridized carbons (Fsp3) is 0.471. The van der Waals surface area contributed by atoms with Crippen LogP contribution in [0.1, 0.15) is 32.8 Å². The number of nitrogens with one attached hydrogen (secondary N) is 2. The van der Waals surface area contributed by atoms with Crippen molar-refractivity contribution in [2.75, 3.05) is 13.1 Å². The van der Waals surface area contributed by atoms with Gasteiger partial charge in [0.2, 0.25) is 5.91 Å². The minimum absolute atomic E-state index is 0.303. The number of imide groups is 1. The van der Waals surface area contributed by atoms with Gasteiger partial charge in [0.1, 0.15) is 12.1 Å². The summed E-state index contributed by atoms with van der Waals surface area (Å²) in [6.07, 6.45) is 0.837. The molecule has 1 aromatic rings. The van der Waals surface area contributed by atoms with E-state index < -0.39 is 17.5 Å². The number of nitrogens with zero attached hydrogens (tertiary/aromatic N) is 1. The Kier molecular flexibility index (Phi) is 5.49. The molecule has 1 saturated heterocycles. The molecule has 1 fully saturated rings. The number of hydrogen-bond donors (Lipinski definition) is 2. The number of benzene rings is 1. The van der Waals surface area contributed by atoms with E-state index in [4.69, 9.17) is 11.6 Å². The molecule has 24 heavy (non-hydrogen) atoms. The van der Waals surface area contributed by atoms with Crippen LogP contribution in [0.4, 0.5) is 4.79 Å². The van der Waals surface area contributed by atoms with Crippen molar-refractivity contribution in [2.24, 2.45) is 5.92 Å². The highest BCUT2D eigenvalue weighted by molar-refractivity contribution is 6.32. The van der Waals surface area contributed by atoms with Crippen molar-refractivity contribution in [3.63, 3.8) is 0 Å². The van der Waals surface area contributed by atoms with Gasteiger partial charge in [-0.05, 0) is 25.3 Å². The SMILES string of the molecule is CC(C)CCNC(=O)CN1C(=O)N[C@@](C)(c2ccccc2Cl)C1=O. The van der Waals surface area contributed by atoms with Gasteiger partial charge in [0.05, 0.1) is 0 Å². The van der Waals surface area contributed by atoms with E-state index in [1.54, 1.807) is 31.2 Å². The molecular formula is C17H22ClN3O3. The van der Waals surface area contributed by atoms with Crippen LogP contribution in [0.15, 0.2) is 24.3 Å². The maximum Gasteiger partial charge on any atom is 0.325 e. The van der Waals surface area contributed by atoms with Gasteiger partial charge in [-0.15, -0.1) is 0 Å². The van der Waals surface area contributed by atoms with Crippen molar-refractivity contribution in [2.45, 2.75) is 32.7 Å². The first-order chi connectivity index (χ1) is 11.3. The summed E-state index contributed by atoms with van der Waals surface area (Å²) in [5.74, 6) is -0.382. The van der Waals surface area contributed by atoms with Gasteiger partial charge >= 0.3 is 6.03 Å². The second kappa shape index (κ2) is 7.21. The van der Waals surface area contributed by atoms with Gasteiger partial charge < -0.3 is 10.6 Å². The third kappa shape index (κ3) is 3.70. The van der Waals surface area contributed by atoms with Crippen LogP contribution in [0, 0.1) is 5.92 Å². The van der Waals surface area contributed by atoms with Crippen molar-refractivity contribution in [1.82, 2.24) is 15.5 Å². The number of hydrogen-bond acceptors (Lipinski definition) is 3. The largest absolute Gasteiger partial charge is 0.355 e. The first-order valence-corrected chi connectivity index (χ1v) is 8.29. The van der Waals surface area contributed by atoms with Crippen molar-refractivity contribution in [3.05, 3.63) is 34.9 Å². The van der Waals surface area contributed by atoms with Crippen LogP contribution in [-0.4, -0.2) is 35.8 Å². The molecule has 1 heterocycles. The molecular weight excluding hydrogens is 330 g/mol. The molecule has 0 aliphatic carbocycles. The van der Waals surface area contributed by atoms with Crippen molar-refractivity contribution >= 4 is 29.4 Å². The summed E-state index contributed by atoms with van der Waals surface area (Å²) in [5, 5.41) is 5.75. The van der Waals surface area contributed by atoms with E-state index in [2.05, 4.69) is 24.5 Å². The first-order valence-electron chi connectivity index (χ1n) is 7.91. The number of carbonyl (C=O) groups excluding carboxylic acids is 3. The minimum atomic E-state index is -1.27. The number of halogens is 1. The maximum absolute atomic E-state index is 12.7.